The number of hydrogen-bond donors (Lipinski definition) is 1. The average molecular weight is 224 g/mol. The van der Waals surface area contributed by atoms with Crippen LogP contribution in [0.2, 0.25) is 0 Å². The first-order valence-electron chi connectivity index (χ1n) is 4.70. The molecule has 0 aliphatic heterocycles. The van der Waals surface area contributed by atoms with Crippen LogP contribution in [0, 0.1) is 10.1 Å². The lowest BCUT2D eigenvalue weighted by Gasteiger charge is -2.06. The van der Waals surface area contributed by atoms with Crippen LogP contribution in [0.1, 0.15) is 17.3 Å². The van der Waals surface area contributed by atoms with Gasteiger partial charge in [-0.2, -0.15) is 0 Å². The minimum absolute atomic E-state index is 0.0606. The van der Waals surface area contributed by atoms with Crippen LogP contribution in [0.3, 0.4) is 0 Å². The van der Waals surface area contributed by atoms with Gasteiger partial charge in [0.25, 0.3) is 5.69 Å². The molecule has 0 aliphatic rings. The third-order valence-electron chi connectivity index (χ3n) is 1.98. The molecular formula is C10H12N2O4. The SMILES string of the molecule is CCNc1cc(C(=O)OC)ccc1[N+](=O)[O-]. The molecule has 6 nitrogen and oxygen atoms in total. The number of hydrogen-bond acceptors (Lipinski definition) is 5. The Morgan fingerprint density at radius 1 is 1.56 bits per heavy atom. The number of ether oxygens (including phenoxy) is 1. The van der Waals surface area contributed by atoms with E-state index in [1.807, 2.05) is 6.92 Å². The first-order valence-corrected chi connectivity index (χ1v) is 4.70. The Bertz CT molecular complexity index is 417. The van der Waals surface area contributed by atoms with Gasteiger partial charge in [-0.25, -0.2) is 4.79 Å². The van der Waals surface area contributed by atoms with Gasteiger partial charge in [-0.3, -0.25) is 10.1 Å². The van der Waals surface area contributed by atoms with Crippen LogP contribution in [-0.4, -0.2) is 24.5 Å². The number of nitro groups is 1. The number of esters is 1. The topological polar surface area (TPSA) is 81.5 Å². The van der Waals surface area contributed by atoms with Crippen molar-refractivity contribution in [3.8, 4) is 0 Å². The number of benzene rings is 1. The standard InChI is InChI=1S/C10H12N2O4/c1-3-11-8-6-7(10(13)16-2)4-5-9(8)12(14)15/h4-6,11H,3H2,1-2H3. The van der Waals surface area contributed by atoms with E-state index in [1.165, 1.54) is 25.3 Å². The summed E-state index contributed by atoms with van der Waals surface area (Å²) in [7, 11) is 1.26. The van der Waals surface area contributed by atoms with E-state index in [-0.39, 0.29) is 11.3 Å². The summed E-state index contributed by atoms with van der Waals surface area (Å²) in [6.45, 7) is 2.35. The molecule has 16 heavy (non-hydrogen) atoms. The second-order valence-electron chi connectivity index (χ2n) is 3.01. The second kappa shape index (κ2) is 5.11. The van der Waals surface area contributed by atoms with E-state index in [2.05, 4.69) is 10.1 Å². The lowest BCUT2D eigenvalue weighted by molar-refractivity contribution is -0.384. The fraction of sp³-hybridized carbons (Fsp3) is 0.300. The molecular weight excluding hydrogens is 212 g/mol. The Labute approximate surface area is 92.4 Å². The summed E-state index contributed by atoms with van der Waals surface area (Å²) in [6, 6.07) is 4.06. The van der Waals surface area contributed by atoms with E-state index in [1.54, 1.807) is 0 Å². The first-order chi connectivity index (χ1) is 7.60. The normalized spacial score (nSPS) is 9.62. The maximum absolute atomic E-state index is 11.2. The van der Waals surface area contributed by atoms with Gasteiger partial charge >= 0.3 is 5.97 Å². The third kappa shape index (κ3) is 2.47. The molecule has 0 bridgehead atoms. The largest absolute Gasteiger partial charge is 0.465 e. The molecule has 0 unspecified atom stereocenters. The van der Waals surface area contributed by atoms with E-state index in [0.29, 0.717) is 12.2 Å². The van der Waals surface area contributed by atoms with Crippen molar-refractivity contribution >= 4 is 17.3 Å². The number of carbonyl (C=O) groups is 1. The van der Waals surface area contributed by atoms with Crippen molar-refractivity contribution in [2.45, 2.75) is 6.92 Å². The monoisotopic (exact) mass is 224 g/mol. The van der Waals surface area contributed by atoms with Crippen LogP contribution in [0.25, 0.3) is 0 Å². The number of rotatable bonds is 4. The second-order valence-corrected chi connectivity index (χ2v) is 3.01. The van der Waals surface area contributed by atoms with Crippen LogP contribution in [-0.2, 0) is 4.74 Å². The van der Waals surface area contributed by atoms with Crippen molar-refractivity contribution in [1.82, 2.24) is 0 Å². The summed E-state index contributed by atoms with van der Waals surface area (Å²) >= 11 is 0. The van der Waals surface area contributed by atoms with Gasteiger partial charge in [0.1, 0.15) is 5.69 Å². The Morgan fingerprint density at radius 3 is 2.75 bits per heavy atom. The number of carbonyl (C=O) groups excluding carboxylic acids is 1. The predicted octanol–water partition coefficient (Wildman–Crippen LogP) is 1.81. The van der Waals surface area contributed by atoms with Crippen molar-refractivity contribution in [2.75, 3.05) is 19.0 Å². The third-order valence-corrected chi connectivity index (χ3v) is 1.98. The van der Waals surface area contributed by atoms with E-state index < -0.39 is 10.9 Å². The van der Waals surface area contributed by atoms with Crippen LogP contribution in [0.4, 0.5) is 11.4 Å². The Hall–Kier alpha value is -2.11. The summed E-state index contributed by atoms with van der Waals surface area (Å²) in [6.07, 6.45) is 0. The molecule has 1 aromatic rings. The number of nitro benzene ring substituents is 1. The van der Waals surface area contributed by atoms with Gasteiger partial charge in [0.2, 0.25) is 0 Å². The first kappa shape index (κ1) is 12.0. The molecule has 0 aromatic heterocycles. The Morgan fingerprint density at radius 2 is 2.25 bits per heavy atom. The van der Waals surface area contributed by atoms with Crippen LogP contribution >= 0.6 is 0 Å². The highest BCUT2D eigenvalue weighted by molar-refractivity contribution is 5.91. The number of methoxy groups -OCH3 is 1. The molecule has 0 atom stereocenters. The van der Waals surface area contributed by atoms with E-state index >= 15 is 0 Å². The molecule has 0 spiro atoms. The highest BCUT2D eigenvalue weighted by Gasteiger charge is 2.16. The van der Waals surface area contributed by atoms with E-state index in [0.717, 1.165) is 0 Å². The molecule has 0 radical (unpaired) electrons. The average Bonchev–Trinajstić information content (AvgIpc) is 2.28. The minimum Gasteiger partial charge on any atom is -0.465 e. The fourth-order valence-corrected chi connectivity index (χ4v) is 1.27. The highest BCUT2D eigenvalue weighted by Crippen LogP contribution is 2.25. The quantitative estimate of drug-likeness (QED) is 0.479. The number of nitrogens with one attached hydrogen (secondary N) is 1. The van der Waals surface area contributed by atoms with Gasteiger partial charge in [0, 0.05) is 12.6 Å². The molecule has 0 saturated heterocycles. The molecule has 86 valence electrons. The molecule has 6 heteroatoms. The molecule has 0 heterocycles. The highest BCUT2D eigenvalue weighted by atomic mass is 16.6. The maximum Gasteiger partial charge on any atom is 0.337 e. The van der Waals surface area contributed by atoms with E-state index in [4.69, 9.17) is 0 Å². The van der Waals surface area contributed by atoms with Crippen molar-refractivity contribution in [3.63, 3.8) is 0 Å². The summed E-state index contributed by atoms with van der Waals surface area (Å²) < 4.78 is 4.53. The molecule has 1 rings (SSSR count). The van der Waals surface area contributed by atoms with Crippen molar-refractivity contribution < 1.29 is 14.5 Å². The summed E-state index contributed by atoms with van der Waals surface area (Å²) in [5.41, 5.74) is 0.536. The van der Waals surface area contributed by atoms with E-state index in [9.17, 15) is 14.9 Å². The van der Waals surface area contributed by atoms with Crippen molar-refractivity contribution in [3.05, 3.63) is 33.9 Å². The zero-order chi connectivity index (χ0) is 12.1. The summed E-state index contributed by atoms with van der Waals surface area (Å²) in [5, 5.41) is 13.5. The molecule has 0 fully saturated rings. The van der Waals surface area contributed by atoms with Gasteiger partial charge < -0.3 is 10.1 Å². The Kier molecular flexibility index (Phi) is 3.82. The zero-order valence-corrected chi connectivity index (χ0v) is 9.02. The van der Waals surface area contributed by atoms with Crippen LogP contribution in [0.15, 0.2) is 18.2 Å². The summed E-state index contributed by atoms with van der Waals surface area (Å²) in [5.74, 6) is -0.519. The molecule has 1 N–H and O–H groups in total. The van der Waals surface area contributed by atoms with Gasteiger partial charge in [-0.1, -0.05) is 0 Å². The molecule has 0 aliphatic carbocycles. The molecule has 0 amide bonds. The predicted molar refractivity (Wildman–Crippen MR) is 58.6 cm³/mol. The lowest BCUT2D eigenvalue weighted by atomic mass is 10.1. The van der Waals surface area contributed by atoms with Gasteiger partial charge in [-0.15, -0.1) is 0 Å². The van der Waals surface area contributed by atoms with Gasteiger partial charge in [0.05, 0.1) is 17.6 Å². The van der Waals surface area contributed by atoms with Crippen molar-refractivity contribution in [2.24, 2.45) is 0 Å². The lowest BCUT2D eigenvalue weighted by Crippen LogP contribution is -2.05. The number of anilines is 1. The smallest absolute Gasteiger partial charge is 0.337 e. The van der Waals surface area contributed by atoms with Gasteiger partial charge in [-0.05, 0) is 19.1 Å². The Balaban J connectivity index is 3.16. The van der Waals surface area contributed by atoms with Crippen LogP contribution in [0.5, 0.6) is 0 Å². The minimum atomic E-state index is -0.519. The number of nitrogens with zero attached hydrogens (tertiary/aromatic N) is 1. The van der Waals surface area contributed by atoms with Crippen molar-refractivity contribution in [1.29, 1.82) is 0 Å². The fourth-order valence-electron chi connectivity index (χ4n) is 1.27. The van der Waals surface area contributed by atoms with Gasteiger partial charge in [0.15, 0.2) is 0 Å². The molecule has 0 saturated carbocycles. The zero-order valence-electron chi connectivity index (χ0n) is 9.02. The maximum atomic E-state index is 11.2. The molecule has 1 aromatic carbocycles. The summed E-state index contributed by atoms with van der Waals surface area (Å²) in [4.78, 5) is 21.4. The van der Waals surface area contributed by atoms with Crippen LogP contribution < -0.4 is 5.32 Å².